The van der Waals surface area contributed by atoms with Gasteiger partial charge in [0.2, 0.25) is 0 Å². The lowest BCUT2D eigenvalue weighted by atomic mass is 10.1. The summed E-state index contributed by atoms with van der Waals surface area (Å²) in [6.45, 7) is 0. The van der Waals surface area contributed by atoms with Gasteiger partial charge in [-0.05, 0) is 35.9 Å². The number of carbonyl (C=O) groups is 1. The smallest absolute Gasteiger partial charge is 0.337 e. The summed E-state index contributed by atoms with van der Waals surface area (Å²) in [7, 11) is 0. The molecule has 0 heterocycles. The minimum atomic E-state index is -1.20. The molecule has 20 heavy (non-hydrogen) atoms. The quantitative estimate of drug-likeness (QED) is 0.893. The maximum atomic E-state index is 13.1. The Balaban J connectivity index is 2.26. The fourth-order valence-electron chi connectivity index (χ4n) is 1.76. The molecule has 0 saturated carbocycles. The lowest BCUT2D eigenvalue weighted by Crippen LogP contribution is -2.03. The van der Waals surface area contributed by atoms with Crippen LogP contribution in [-0.2, 0) is 6.42 Å². The molecule has 0 spiro atoms. The Morgan fingerprint density at radius 1 is 1.25 bits per heavy atom. The average Bonchev–Trinajstić information content (AvgIpc) is 2.43. The maximum absolute atomic E-state index is 13.1. The predicted octanol–water partition coefficient (Wildman–Crippen LogP) is 3.33. The molecule has 0 bridgehead atoms. The fraction of sp³-hybridized carbons (Fsp3) is 0.0667. The van der Waals surface area contributed by atoms with E-state index in [1.54, 1.807) is 24.3 Å². The molecule has 0 saturated heterocycles. The van der Waals surface area contributed by atoms with Crippen LogP contribution in [0.15, 0.2) is 42.5 Å². The molecule has 0 fully saturated rings. The van der Waals surface area contributed by atoms with E-state index in [1.807, 2.05) is 6.07 Å². The summed E-state index contributed by atoms with van der Waals surface area (Å²) in [6.07, 6.45) is 0.317. The number of aromatic carboxylic acids is 1. The molecule has 0 unspecified atom stereocenters. The standard InChI is InChI=1S/C15H11FN2O2/c16-11-3-6-14(13(9-11)15(19)20)18-12-4-1-10(2-5-12)7-8-17/h1-6,9,18H,7H2,(H,19,20). The van der Waals surface area contributed by atoms with E-state index < -0.39 is 11.8 Å². The Bertz CT molecular complexity index is 675. The second-order valence-electron chi connectivity index (χ2n) is 4.15. The van der Waals surface area contributed by atoms with Crippen LogP contribution in [0.3, 0.4) is 0 Å². The second kappa shape index (κ2) is 5.85. The van der Waals surface area contributed by atoms with Gasteiger partial charge < -0.3 is 10.4 Å². The number of hydrogen-bond donors (Lipinski definition) is 2. The number of halogens is 1. The zero-order chi connectivity index (χ0) is 14.5. The summed E-state index contributed by atoms with van der Waals surface area (Å²) in [5, 5.41) is 20.5. The number of anilines is 2. The SMILES string of the molecule is N#CCc1ccc(Nc2ccc(F)cc2C(=O)O)cc1. The lowest BCUT2D eigenvalue weighted by molar-refractivity contribution is 0.0697. The highest BCUT2D eigenvalue weighted by molar-refractivity contribution is 5.95. The van der Waals surface area contributed by atoms with Crippen LogP contribution in [0.2, 0.25) is 0 Å². The van der Waals surface area contributed by atoms with Crippen LogP contribution in [-0.4, -0.2) is 11.1 Å². The zero-order valence-electron chi connectivity index (χ0n) is 10.4. The van der Waals surface area contributed by atoms with E-state index in [0.29, 0.717) is 17.8 Å². The van der Waals surface area contributed by atoms with Crippen molar-refractivity contribution >= 4 is 17.3 Å². The van der Waals surface area contributed by atoms with Crippen LogP contribution in [0.5, 0.6) is 0 Å². The van der Waals surface area contributed by atoms with Gasteiger partial charge in [-0.2, -0.15) is 5.26 Å². The first-order valence-electron chi connectivity index (χ1n) is 5.86. The number of nitrogens with one attached hydrogen (secondary N) is 1. The maximum Gasteiger partial charge on any atom is 0.337 e. The normalized spacial score (nSPS) is 9.80. The van der Waals surface area contributed by atoms with Gasteiger partial charge in [-0.25, -0.2) is 9.18 Å². The highest BCUT2D eigenvalue weighted by atomic mass is 19.1. The van der Waals surface area contributed by atoms with Gasteiger partial charge in [0.25, 0.3) is 0 Å². The number of nitriles is 1. The Hall–Kier alpha value is -2.87. The van der Waals surface area contributed by atoms with E-state index in [0.717, 1.165) is 11.6 Å². The van der Waals surface area contributed by atoms with Crippen LogP contribution in [0, 0.1) is 17.1 Å². The van der Waals surface area contributed by atoms with Crippen molar-refractivity contribution in [3.8, 4) is 6.07 Å². The largest absolute Gasteiger partial charge is 0.478 e. The number of rotatable bonds is 4. The molecule has 2 rings (SSSR count). The number of carboxylic acid groups (broad SMARTS) is 1. The highest BCUT2D eigenvalue weighted by Gasteiger charge is 2.11. The summed E-state index contributed by atoms with van der Waals surface area (Å²) >= 11 is 0. The van der Waals surface area contributed by atoms with Crippen molar-refractivity contribution in [1.82, 2.24) is 0 Å². The van der Waals surface area contributed by atoms with Gasteiger partial charge in [0.05, 0.1) is 23.7 Å². The Labute approximate surface area is 115 Å². The van der Waals surface area contributed by atoms with Gasteiger partial charge in [0, 0.05) is 5.69 Å². The molecule has 0 amide bonds. The van der Waals surface area contributed by atoms with E-state index in [-0.39, 0.29) is 5.56 Å². The first-order valence-corrected chi connectivity index (χ1v) is 5.86. The van der Waals surface area contributed by atoms with Gasteiger partial charge >= 0.3 is 5.97 Å². The minimum Gasteiger partial charge on any atom is -0.478 e. The van der Waals surface area contributed by atoms with Crippen molar-refractivity contribution in [2.75, 3.05) is 5.32 Å². The second-order valence-corrected chi connectivity index (χ2v) is 4.15. The first kappa shape index (κ1) is 13.6. The molecule has 0 radical (unpaired) electrons. The van der Waals surface area contributed by atoms with Crippen LogP contribution in [0.25, 0.3) is 0 Å². The molecule has 2 N–H and O–H groups in total. The molecule has 4 nitrogen and oxygen atoms in total. The van der Waals surface area contributed by atoms with E-state index in [2.05, 4.69) is 5.32 Å². The van der Waals surface area contributed by atoms with E-state index in [9.17, 15) is 9.18 Å². The first-order chi connectivity index (χ1) is 9.60. The molecule has 0 aliphatic carbocycles. The molecule has 5 heteroatoms. The van der Waals surface area contributed by atoms with E-state index in [4.69, 9.17) is 10.4 Å². The van der Waals surface area contributed by atoms with Crippen molar-refractivity contribution < 1.29 is 14.3 Å². The van der Waals surface area contributed by atoms with Crippen molar-refractivity contribution in [3.63, 3.8) is 0 Å². The van der Waals surface area contributed by atoms with Crippen molar-refractivity contribution in [2.24, 2.45) is 0 Å². The summed E-state index contributed by atoms with van der Waals surface area (Å²) < 4.78 is 13.1. The number of hydrogen-bond acceptors (Lipinski definition) is 3. The summed E-state index contributed by atoms with van der Waals surface area (Å²) in [5.74, 6) is -1.80. The van der Waals surface area contributed by atoms with E-state index >= 15 is 0 Å². The van der Waals surface area contributed by atoms with Gasteiger partial charge in [0.15, 0.2) is 0 Å². The molecule has 100 valence electrons. The average molecular weight is 270 g/mol. The zero-order valence-corrected chi connectivity index (χ0v) is 10.4. The fourth-order valence-corrected chi connectivity index (χ4v) is 1.76. The molecule has 0 aliphatic heterocycles. The summed E-state index contributed by atoms with van der Waals surface area (Å²) in [5.41, 5.74) is 1.72. The van der Waals surface area contributed by atoms with Crippen LogP contribution < -0.4 is 5.32 Å². The molecule has 2 aromatic rings. The van der Waals surface area contributed by atoms with E-state index in [1.165, 1.54) is 12.1 Å². The molecule has 0 aliphatic rings. The van der Waals surface area contributed by atoms with Gasteiger partial charge in [-0.1, -0.05) is 12.1 Å². The third-order valence-electron chi connectivity index (χ3n) is 2.73. The highest BCUT2D eigenvalue weighted by Crippen LogP contribution is 2.22. The Kier molecular flexibility index (Phi) is 3.96. The molecule has 0 aromatic heterocycles. The van der Waals surface area contributed by atoms with Crippen molar-refractivity contribution in [2.45, 2.75) is 6.42 Å². The van der Waals surface area contributed by atoms with Crippen molar-refractivity contribution in [3.05, 3.63) is 59.4 Å². The van der Waals surface area contributed by atoms with Crippen LogP contribution in [0.4, 0.5) is 15.8 Å². The van der Waals surface area contributed by atoms with Gasteiger partial charge in [-0.15, -0.1) is 0 Å². The third-order valence-corrected chi connectivity index (χ3v) is 2.73. The number of carboxylic acids is 1. The van der Waals surface area contributed by atoms with Gasteiger partial charge in [-0.3, -0.25) is 0 Å². The Morgan fingerprint density at radius 2 is 1.95 bits per heavy atom. The lowest BCUT2D eigenvalue weighted by Gasteiger charge is -2.10. The topological polar surface area (TPSA) is 73.1 Å². The third kappa shape index (κ3) is 3.12. The number of nitrogens with zero attached hydrogens (tertiary/aromatic N) is 1. The number of benzene rings is 2. The predicted molar refractivity (Wildman–Crippen MR) is 72.4 cm³/mol. The minimum absolute atomic E-state index is 0.133. The molecule has 2 aromatic carbocycles. The summed E-state index contributed by atoms with van der Waals surface area (Å²) in [6, 6.07) is 12.6. The monoisotopic (exact) mass is 270 g/mol. The van der Waals surface area contributed by atoms with Crippen LogP contribution in [0.1, 0.15) is 15.9 Å². The van der Waals surface area contributed by atoms with Gasteiger partial charge in [0.1, 0.15) is 5.82 Å². The van der Waals surface area contributed by atoms with Crippen molar-refractivity contribution in [1.29, 1.82) is 5.26 Å². The summed E-state index contributed by atoms with van der Waals surface area (Å²) in [4.78, 5) is 11.1. The molecule has 0 atom stereocenters. The molecular formula is C15H11FN2O2. The Morgan fingerprint density at radius 3 is 2.55 bits per heavy atom. The molecular weight excluding hydrogens is 259 g/mol. The van der Waals surface area contributed by atoms with Crippen LogP contribution >= 0.6 is 0 Å².